The van der Waals surface area contributed by atoms with Crippen molar-refractivity contribution in [3.8, 4) is 16.9 Å². The minimum absolute atomic E-state index is 0.0215. The number of likely N-dealkylation sites (tertiary alicyclic amines) is 2. The van der Waals surface area contributed by atoms with Gasteiger partial charge >= 0.3 is 35.9 Å². The molecule has 3 saturated heterocycles. The number of H-pyrrole nitrogens is 1. The third-order valence-electron chi connectivity index (χ3n) is 19.3. The van der Waals surface area contributed by atoms with Gasteiger partial charge in [0.15, 0.2) is 6.29 Å². The number of amides is 9. The summed E-state index contributed by atoms with van der Waals surface area (Å²) >= 11 is 4.82. The molecule has 3 fully saturated rings. The first-order valence-electron chi connectivity index (χ1n) is 36.5. The number of carboxylic acids is 1. The first-order chi connectivity index (χ1) is 53.9. The van der Waals surface area contributed by atoms with Gasteiger partial charge in [-0.1, -0.05) is 100 Å². The van der Waals surface area contributed by atoms with Gasteiger partial charge in [-0.15, -0.1) is 11.8 Å². The number of aliphatic hydroxyl groups is 1. The Morgan fingerprint density at radius 3 is 2.09 bits per heavy atom. The molecule has 0 saturated carbocycles. The molecule has 1 aromatic heterocycles. The Hall–Kier alpha value is -10.0. The number of carbonyl (C=O) groups is 14. The van der Waals surface area contributed by atoms with E-state index in [4.69, 9.17) is 49.4 Å². The number of aromatic nitrogens is 1. The van der Waals surface area contributed by atoms with Crippen LogP contribution in [0.25, 0.3) is 22.0 Å². The number of nitrogens with one attached hydrogen (secondary N) is 7. The van der Waals surface area contributed by atoms with Crippen molar-refractivity contribution in [2.75, 3.05) is 65.5 Å². The third-order valence-corrected chi connectivity index (χ3v) is 20.5. The number of aliphatic hydroxyl groups excluding tert-OH is 1. The second-order valence-corrected chi connectivity index (χ2v) is 28.6. The van der Waals surface area contributed by atoms with Crippen LogP contribution >= 0.6 is 19.8 Å². The van der Waals surface area contributed by atoms with E-state index in [0.717, 1.165) is 72.0 Å². The summed E-state index contributed by atoms with van der Waals surface area (Å²) in [7, 11) is 4.20. The Kier molecular flexibility index (Phi) is 34.6. The van der Waals surface area contributed by atoms with E-state index in [0.29, 0.717) is 40.9 Å². The number of fused-ring (bicyclic) bond motifs is 6. The number of esters is 4. The van der Waals surface area contributed by atoms with Gasteiger partial charge in [0.25, 0.3) is 0 Å². The molecule has 0 spiro atoms. The minimum atomic E-state index is -1.87. The summed E-state index contributed by atoms with van der Waals surface area (Å²) < 4.78 is 44.0. The maximum absolute atomic E-state index is 14.4. The largest absolute Gasteiger partial charge is 0.480 e. The van der Waals surface area contributed by atoms with Crippen LogP contribution in [0.1, 0.15) is 109 Å². The Balaban J connectivity index is 0.000000367. The molecule has 35 nitrogen and oxygen atoms in total. The van der Waals surface area contributed by atoms with Gasteiger partial charge in [-0.05, 0) is 85.6 Å². The molecule has 113 heavy (non-hydrogen) atoms. The Bertz CT molecular complexity index is 4090. The summed E-state index contributed by atoms with van der Waals surface area (Å²) in [6.07, 6.45) is -0.754. The van der Waals surface area contributed by atoms with E-state index in [2.05, 4.69) is 87.6 Å². The lowest BCUT2D eigenvalue weighted by atomic mass is 9.95. The van der Waals surface area contributed by atoms with Gasteiger partial charge in [0, 0.05) is 75.8 Å². The van der Waals surface area contributed by atoms with Crippen molar-refractivity contribution in [2.45, 2.75) is 177 Å². The molecule has 38 heteroatoms. The van der Waals surface area contributed by atoms with Crippen LogP contribution in [0.5, 0.6) is 5.75 Å². The molecule has 4 aliphatic heterocycles. The third kappa shape index (κ3) is 25.2. The van der Waals surface area contributed by atoms with Gasteiger partial charge in [0.2, 0.25) is 47.3 Å². The molecule has 9 rings (SSSR count). The number of nitrogens with two attached hydrogens (primary N) is 2. The number of methoxy groups -OCH3 is 1. The number of nitrogens with zero attached hydrogens (tertiary/aromatic N) is 2. The second-order valence-electron chi connectivity index (χ2n) is 27.6. The quantitative estimate of drug-likeness (QED) is 0.0148. The first-order valence-corrected chi connectivity index (χ1v) is 39.2. The van der Waals surface area contributed by atoms with Gasteiger partial charge in [0.05, 0.1) is 62.0 Å². The van der Waals surface area contributed by atoms with Crippen LogP contribution in [0.3, 0.4) is 0 Å². The van der Waals surface area contributed by atoms with Crippen molar-refractivity contribution in [2.24, 2.45) is 23.3 Å². The van der Waals surface area contributed by atoms with Crippen molar-refractivity contribution in [1.29, 1.82) is 0 Å². The summed E-state index contributed by atoms with van der Waals surface area (Å²) in [6.45, 7) is 10.2. The van der Waals surface area contributed by atoms with Crippen LogP contribution in [-0.2, 0) is 114 Å². The number of carbonyl (C=O) groups excluding carboxylic acids is 13. The highest BCUT2D eigenvalue weighted by Gasteiger charge is 2.47. The minimum Gasteiger partial charge on any atom is -0.480 e. The molecule has 1 aliphatic carbocycles. The SMILES string of the molecule is C=CCOC(=O)[C@@H]1CC(OC2CCCC(COC)O2)CN1C(=O)OCC1c2ccccc2-c2ccccc21.CC[C@H](C)[C@@H]1NC(=O)CNC(=O)C(N)Cc2c([nH]c3ccc(OC(C)=O)cc23)SCC(C(=O)NC(CC(N)=O)C(=O)N2CC(O)C[C@H]2C(=O)N[C@H](C(=O)O)C(C)[C@H](COC(C)=O)OC(C)=O)NC(=O)CNC1=O.P=S. The van der Waals surface area contributed by atoms with E-state index in [1.54, 1.807) is 27.0 Å². The zero-order chi connectivity index (χ0) is 82.9. The van der Waals surface area contributed by atoms with Crippen molar-refractivity contribution in [3.05, 3.63) is 96.1 Å². The Morgan fingerprint density at radius 2 is 1.47 bits per heavy atom. The smallest absolute Gasteiger partial charge is 0.410 e. The van der Waals surface area contributed by atoms with Crippen molar-refractivity contribution in [3.63, 3.8) is 0 Å². The van der Waals surface area contributed by atoms with Gasteiger partial charge < -0.3 is 101 Å². The molecule has 614 valence electrons. The van der Waals surface area contributed by atoms with Crippen LogP contribution in [0.4, 0.5) is 4.79 Å². The molecule has 4 aromatic rings. The fraction of sp³-hybridized carbons (Fsp3) is 0.520. The average molecular weight is 1630 g/mol. The molecule has 13 N–H and O–H groups in total. The fourth-order valence-electron chi connectivity index (χ4n) is 13.7. The number of benzene rings is 3. The van der Waals surface area contributed by atoms with E-state index in [9.17, 15) is 77.3 Å². The lowest BCUT2D eigenvalue weighted by Gasteiger charge is -2.32. The summed E-state index contributed by atoms with van der Waals surface area (Å²) in [5, 5.41) is 36.3. The highest BCUT2D eigenvalue weighted by molar-refractivity contribution is 7.99. The summed E-state index contributed by atoms with van der Waals surface area (Å²) in [4.78, 5) is 188. The Morgan fingerprint density at radius 1 is 0.805 bits per heavy atom. The number of hydrogen-bond donors (Lipinski definition) is 11. The maximum atomic E-state index is 14.4. The van der Waals surface area contributed by atoms with Crippen LogP contribution < -0.4 is 48.1 Å². The number of carboxylic acid groups (broad SMARTS) is 1. The number of aromatic amines is 1. The molecule has 3 aromatic carbocycles. The van der Waals surface area contributed by atoms with E-state index in [-0.39, 0.29) is 55.8 Å². The van der Waals surface area contributed by atoms with Crippen molar-refractivity contribution in [1.82, 2.24) is 46.7 Å². The van der Waals surface area contributed by atoms with Crippen LogP contribution in [0.2, 0.25) is 0 Å². The predicted octanol–water partition coefficient (Wildman–Crippen LogP) is 1.60. The number of rotatable bonds is 25. The Labute approximate surface area is 663 Å². The van der Waals surface area contributed by atoms with Gasteiger partial charge in [-0.25, -0.2) is 14.4 Å². The van der Waals surface area contributed by atoms with Gasteiger partial charge in [-0.3, -0.25) is 57.6 Å². The van der Waals surface area contributed by atoms with Crippen LogP contribution in [-0.4, -0.2) is 247 Å². The van der Waals surface area contributed by atoms with Crippen LogP contribution in [0, 0.1) is 11.8 Å². The number of aliphatic carboxylic acids is 1. The number of primary amides is 1. The number of β-amino-alcohol motifs (C(OH)–C–C–N with tert-alkyl or cyclic N) is 1. The topological polar surface area (TPSA) is 500 Å². The number of thioether (sulfide) groups is 1. The number of hydrogen-bond acceptors (Lipinski definition) is 26. The van der Waals surface area contributed by atoms with Gasteiger partial charge in [-0.2, -0.15) is 0 Å². The van der Waals surface area contributed by atoms with Crippen LogP contribution in [0.15, 0.2) is 84.4 Å². The molecule has 0 radical (unpaired) electrons. The average Bonchev–Trinajstić information content (AvgIpc) is 1.62. The molecule has 8 unspecified atom stereocenters. The molecule has 5 aliphatic rings. The van der Waals surface area contributed by atoms with Crippen molar-refractivity contribution >= 4 is 126 Å². The fourth-order valence-corrected chi connectivity index (χ4v) is 14.8. The summed E-state index contributed by atoms with van der Waals surface area (Å²) in [5.41, 5.74) is 17.3. The highest BCUT2D eigenvalue weighted by Crippen LogP contribution is 2.45. The summed E-state index contributed by atoms with van der Waals surface area (Å²) in [5.74, 6) is -14.0. The lowest BCUT2D eigenvalue weighted by Crippen LogP contribution is -2.60. The maximum Gasteiger partial charge on any atom is 0.410 e. The first kappa shape index (κ1) is 90.2. The molecular weight excluding hydrogens is 1530 g/mol. The van der Waals surface area contributed by atoms with Gasteiger partial charge in [0.1, 0.15) is 67.9 Å². The van der Waals surface area contributed by atoms with Crippen molar-refractivity contribution < 1.29 is 115 Å². The zero-order valence-electron chi connectivity index (χ0n) is 63.6. The lowest BCUT2D eigenvalue weighted by molar-refractivity contribution is -0.219. The molecule has 14 atom stereocenters. The van der Waals surface area contributed by atoms with E-state index in [1.165, 1.54) is 37.0 Å². The number of ether oxygens (including phenoxy) is 8. The molecule has 0 bridgehead atoms. The second kappa shape index (κ2) is 43.3. The summed E-state index contributed by atoms with van der Waals surface area (Å²) in [6, 6.07) is 10.7. The standard InChI is InChI=1S/C45H62N10O17S.C30H35NO7.HPS/c1-7-19(2)37-42(66)49-14-35(61)50-31(18-73-43-27(12-28(46)39(63)48-15-36(62)53-37)26-11-25(71-22(5)57)8-9-29(26)52-43)40(64)51-30(13-34(47)60)44(67)55-16-24(59)10-32(55)41(65)54-38(45(68)69)20(3)33(72-23(6)58)17-70-21(4)56;1-3-15-35-29(32)27-16-21(38-28-14-8-9-20(37-28)18-34-2)17-31(27)30(33)36-19-26-24-12-6-4-10-22(24)23-11-5-7-13-25(23)26;1-2/h8-9,11,19-20,24,28,30-33,37-38,52,59H,7,10,12-18,46H2,1-6H3,(H2,47,60)(H,48,63)(H,49,66)(H,50,61)(H,51,64)(H,53,62)(H,54,65)(H,68,69);3-7,10-13,20-21,26-28H,1,8-9,14-19H2,2H3;1H/t19-,20?,24?,28?,30?,31?,32-,33-,37-,38-;20?,21?,27-,28?;/m00./s1. The van der Waals surface area contributed by atoms with E-state index < -0.39 is 195 Å². The molecular formula is C75H98N11O24PS2. The normalized spacial score (nSPS) is 22.6. The monoisotopic (exact) mass is 1630 g/mol. The molecule has 9 amide bonds. The predicted molar refractivity (Wildman–Crippen MR) is 410 cm³/mol. The van der Waals surface area contributed by atoms with E-state index in [1.807, 2.05) is 24.3 Å². The highest BCUT2D eigenvalue weighted by atomic mass is 32.4. The van der Waals surface area contributed by atoms with E-state index >= 15 is 0 Å². The molecule has 5 heterocycles. The zero-order valence-corrected chi connectivity index (χ0v) is 66.2.